The number of amides is 3. The zero-order chi connectivity index (χ0) is 28.7. The first-order valence-electron chi connectivity index (χ1n) is 13.0. The van der Waals surface area contributed by atoms with Crippen molar-refractivity contribution >= 4 is 29.4 Å². The van der Waals surface area contributed by atoms with Crippen LogP contribution in [0.5, 0.6) is 0 Å². The Bertz CT molecular complexity index is 1210. The molecule has 2 heterocycles. The SMILES string of the molecule is CC(NC(=O)CCC(=O)NCCc1ccc(NC(=O)CN(Cc2ccccn2)Cc2ccccn2)cc1)C(=O)O. The van der Waals surface area contributed by atoms with Gasteiger partial charge in [-0.2, -0.15) is 0 Å². The van der Waals surface area contributed by atoms with E-state index in [0.717, 1.165) is 17.0 Å². The number of rotatable bonds is 15. The Morgan fingerprint density at radius 2 is 1.43 bits per heavy atom. The second-order valence-corrected chi connectivity index (χ2v) is 9.26. The quantitative estimate of drug-likeness (QED) is 0.226. The van der Waals surface area contributed by atoms with Crippen molar-refractivity contribution in [3.8, 4) is 0 Å². The van der Waals surface area contributed by atoms with Crippen LogP contribution in [0.25, 0.3) is 0 Å². The third-order valence-corrected chi connectivity index (χ3v) is 5.89. The van der Waals surface area contributed by atoms with Gasteiger partial charge in [0.05, 0.1) is 17.9 Å². The van der Waals surface area contributed by atoms with Crippen LogP contribution in [0.4, 0.5) is 5.69 Å². The molecule has 3 aromatic rings. The van der Waals surface area contributed by atoms with Crippen LogP contribution in [0.3, 0.4) is 0 Å². The van der Waals surface area contributed by atoms with Gasteiger partial charge in [0.2, 0.25) is 17.7 Å². The number of carbonyl (C=O) groups excluding carboxylic acids is 3. The Morgan fingerprint density at radius 3 is 1.98 bits per heavy atom. The van der Waals surface area contributed by atoms with Crippen LogP contribution in [-0.4, -0.2) is 62.8 Å². The maximum Gasteiger partial charge on any atom is 0.325 e. The van der Waals surface area contributed by atoms with Gasteiger partial charge < -0.3 is 21.1 Å². The van der Waals surface area contributed by atoms with E-state index < -0.39 is 17.9 Å². The highest BCUT2D eigenvalue weighted by Crippen LogP contribution is 2.12. The lowest BCUT2D eigenvalue weighted by atomic mass is 10.1. The first-order chi connectivity index (χ1) is 19.3. The summed E-state index contributed by atoms with van der Waals surface area (Å²) in [6, 6.07) is 17.8. The highest BCUT2D eigenvalue weighted by Gasteiger charge is 2.15. The highest BCUT2D eigenvalue weighted by atomic mass is 16.4. The van der Waals surface area contributed by atoms with Gasteiger partial charge >= 0.3 is 5.97 Å². The van der Waals surface area contributed by atoms with Crippen LogP contribution < -0.4 is 16.0 Å². The molecular formula is C29H34N6O5. The molecule has 0 aliphatic rings. The normalized spacial score (nSPS) is 11.4. The summed E-state index contributed by atoms with van der Waals surface area (Å²) in [6.07, 6.45) is 3.92. The van der Waals surface area contributed by atoms with Gasteiger partial charge in [0.15, 0.2) is 0 Å². The number of aromatic nitrogens is 2. The number of nitrogens with one attached hydrogen (secondary N) is 3. The van der Waals surface area contributed by atoms with E-state index in [9.17, 15) is 19.2 Å². The number of carbonyl (C=O) groups is 4. The molecule has 3 rings (SSSR count). The van der Waals surface area contributed by atoms with Gasteiger partial charge in [-0.1, -0.05) is 24.3 Å². The number of hydrogen-bond donors (Lipinski definition) is 4. The van der Waals surface area contributed by atoms with E-state index in [4.69, 9.17) is 5.11 Å². The molecule has 0 aliphatic heterocycles. The number of hydrogen-bond acceptors (Lipinski definition) is 7. The average Bonchev–Trinajstić information content (AvgIpc) is 2.94. The monoisotopic (exact) mass is 546 g/mol. The Labute approximate surface area is 233 Å². The molecule has 2 aromatic heterocycles. The number of anilines is 1. The first kappa shape index (κ1) is 29.9. The molecule has 11 nitrogen and oxygen atoms in total. The molecule has 0 bridgehead atoms. The summed E-state index contributed by atoms with van der Waals surface area (Å²) in [5.74, 6) is -2.07. The number of carboxylic acids is 1. The van der Waals surface area contributed by atoms with Crippen molar-refractivity contribution in [2.75, 3.05) is 18.4 Å². The zero-order valence-electron chi connectivity index (χ0n) is 22.4. The summed E-state index contributed by atoms with van der Waals surface area (Å²) in [7, 11) is 0. The summed E-state index contributed by atoms with van der Waals surface area (Å²) in [5.41, 5.74) is 3.35. The molecule has 0 spiro atoms. The van der Waals surface area contributed by atoms with E-state index in [1.165, 1.54) is 6.92 Å². The molecule has 0 aliphatic carbocycles. The number of aliphatic carboxylic acids is 1. The third-order valence-electron chi connectivity index (χ3n) is 5.89. The molecule has 210 valence electrons. The van der Waals surface area contributed by atoms with Crippen molar-refractivity contribution in [2.24, 2.45) is 0 Å². The number of benzene rings is 1. The predicted molar refractivity (Wildman–Crippen MR) is 149 cm³/mol. The zero-order valence-corrected chi connectivity index (χ0v) is 22.4. The maximum absolute atomic E-state index is 12.8. The summed E-state index contributed by atoms with van der Waals surface area (Å²) in [4.78, 5) is 58.0. The van der Waals surface area contributed by atoms with Gasteiger partial charge in [-0.3, -0.25) is 34.0 Å². The summed E-state index contributed by atoms with van der Waals surface area (Å²) in [5, 5.41) is 16.8. The molecule has 1 aromatic carbocycles. The van der Waals surface area contributed by atoms with Crippen molar-refractivity contribution in [1.82, 2.24) is 25.5 Å². The number of nitrogens with zero attached hydrogens (tertiary/aromatic N) is 3. The van der Waals surface area contributed by atoms with Crippen LogP contribution in [0.2, 0.25) is 0 Å². The van der Waals surface area contributed by atoms with Crippen LogP contribution in [0.15, 0.2) is 73.1 Å². The van der Waals surface area contributed by atoms with Gasteiger partial charge in [0.1, 0.15) is 6.04 Å². The van der Waals surface area contributed by atoms with E-state index in [2.05, 4.69) is 25.9 Å². The molecule has 0 saturated heterocycles. The van der Waals surface area contributed by atoms with Crippen molar-refractivity contribution in [3.05, 3.63) is 90.0 Å². The molecule has 1 atom stereocenters. The largest absolute Gasteiger partial charge is 0.480 e. The molecule has 1 unspecified atom stereocenters. The van der Waals surface area contributed by atoms with Crippen LogP contribution in [0.1, 0.15) is 36.7 Å². The van der Waals surface area contributed by atoms with E-state index >= 15 is 0 Å². The molecule has 3 amide bonds. The Balaban J connectivity index is 1.43. The van der Waals surface area contributed by atoms with Crippen LogP contribution in [-0.2, 0) is 38.7 Å². The van der Waals surface area contributed by atoms with Crippen molar-refractivity contribution < 1.29 is 24.3 Å². The molecule has 0 saturated carbocycles. The molecular weight excluding hydrogens is 512 g/mol. The van der Waals surface area contributed by atoms with Gasteiger partial charge in [0, 0.05) is 50.6 Å². The molecule has 0 fully saturated rings. The fraction of sp³-hybridized carbons (Fsp3) is 0.310. The first-order valence-corrected chi connectivity index (χ1v) is 13.0. The van der Waals surface area contributed by atoms with E-state index in [-0.39, 0.29) is 31.2 Å². The molecule has 0 radical (unpaired) electrons. The lowest BCUT2D eigenvalue weighted by Gasteiger charge is -2.21. The van der Waals surface area contributed by atoms with Gasteiger partial charge in [0.25, 0.3) is 0 Å². The van der Waals surface area contributed by atoms with Crippen LogP contribution in [0, 0.1) is 0 Å². The van der Waals surface area contributed by atoms with Crippen molar-refractivity contribution in [2.45, 2.75) is 45.3 Å². The standard InChI is InChI=1S/C29H34N6O5/c1-21(29(39)40)33-27(37)13-12-26(36)32-17-14-22-8-10-23(11-9-22)34-28(38)20-35(18-24-6-2-4-15-30-24)19-25-7-3-5-16-31-25/h2-11,15-16,21H,12-14,17-20H2,1H3,(H,32,36)(H,33,37)(H,34,38)(H,39,40). The van der Waals surface area contributed by atoms with Gasteiger partial charge in [-0.15, -0.1) is 0 Å². The van der Waals surface area contributed by atoms with E-state index in [0.29, 0.717) is 31.7 Å². The third kappa shape index (κ3) is 11.0. The minimum atomic E-state index is -1.13. The smallest absolute Gasteiger partial charge is 0.325 e. The van der Waals surface area contributed by atoms with Crippen molar-refractivity contribution in [3.63, 3.8) is 0 Å². The van der Waals surface area contributed by atoms with Gasteiger partial charge in [-0.25, -0.2) is 0 Å². The summed E-state index contributed by atoms with van der Waals surface area (Å²) >= 11 is 0. The van der Waals surface area contributed by atoms with E-state index in [1.807, 2.05) is 65.6 Å². The topological polar surface area (TPSA) is 154 Å². The second kappa shape index (κ2) is 15.7. The Hall–Kier alpha value is -4.64. The Kier molecular flexibility index (Phi) is 11.7. The number of pyridine rings is 2. The second-order valence-electron chi connectivity index (χ2n) is 9.26. The highest BCUT2D eigenvalue weighted by molar-refractivity contribution is 5.92. The molecule has 4 N–H and O–H groups in total. The van der Waals surface area contributed by atoms with Gasteiger partial charge in [-0.05, 0) is 55.3 Å². The number of carboxylic acid groups (broad SMARTS) is 1. The lowest BCUT2D eigenvalue weighted by molar-refractivity contribution is -0.141. The average molecular weight is 547 g/mol. The fourth-order valence-electron chi connectivity index (χ4n) is 3.80. The maximum atomic E-state index is 12.8. The fourth-order valence-corrected chi connectivity index (χ4v) is 3.80. The van der Waals surface area contributed by atoms with Crippen molar-refractivity contribution in [1.29, 1.82) is 0 Å². The summed E-state index contributed by atoms with van der Waals surface area (Å²) in [6.45, 7) is 2.91. The summed E-state index contributed by atoms with van der Waals surface area (Å²) < 4.78 is 0. The minimum absolute atomic E-state index is 0.0270. The molecule has 40 heavy (non-hydrogen) atoms. The minimum Gasteiger partial charge on any atom is -0.480 e. The lowest BCUT2D eigenvalue weighted by Crippen LogP contribution is -2.38. The Morgan fingerprint density at radius 1 is 0.825 bits per heavy atom. The predicted octanol–water partition coefficient (Wildman–Crippen LogP) is 2.15. The van der Waals surface area contributed by atoms with E-state index in [1.54, 1.807) is 12.4 Å². The molecule has 11 heteroatoms. The van der Waals surface area contributed by atoms with Crippen LogP contribution >= 0.6 is 0 Å².